The molecule has 1 fully saturated rings. The van der Waals surface area contributed by atoms with Crippen molar-refractivity contribution in [3.8, 4) is 11.5 Å². The smallest absolute Gasteiger partial charge is 0.164 e. The first-order chi connectivity index (χ1) is 14.4. The van der Waals surface area contributed by atoms with Crippen LogP contribution in [-0.4, -0.2) is 13.1 Å². The highest BCUT2D eigenvalue weighted by molar-refractivity contribution is 5.47. The molecule has 0 spiro atoms. The van der Waals surface area contributed by atoms with Crippen molar-refractivity contribution in [2.75, 3.05) is 13.1 Å². The van der Waals surface area contributed by atoms with Gasteiger partial charge in [-0.25, -0.2) is 0 Å². The van der Waals surface area contributed by atoms with E-state index in [0.717, 1.165) is 42.1 Å². The van der Waals surface area contributed by atoms with Crippen molar-refractivity contribution in [3.63, 3.8) is 0 Å². The largest absolute Gasteiger partial charge is 0.485 e. The number of nitrogens with one attached hydrogen (secondary N) is 1. The van der Waals surface area contributed by atoms with Crippen molar-refractivity contribution in [2.24, 2.45) is 5.92 Å². The molecule has 0 unspecified atom stereocenters. The van der Waals surface area contributed by atoms with E-state index in [1.54, 1.807) is 0 Å². The first kappa shape index (κ1) is 19.5. The Labute approximate surface area is 173 Å². The molecule has 0 aromatic heterocycles. The fourth-order valence-corrected chi connectivity index (χ4v) is 3.86. The molecular weight excluding hydrogens is 358 g/mol. The van der Waals surface area contributed by atoms with Gasteiger partial charge < -0.3 is 14.8 Å². The van der Waals surface area contributed by atoms with Gasteiger partial charge in [-0.15, -0.1) is 0 Å². The van der Waals surface area contributed by atoms with Crippen molar-refractivity contribution in [3.05, 3.63) is 95.6 Å². The number of piperidine rings is 1. The molecule has 1 N–H and O–H groups in total. The standard InChI is InChI=1S/C26H29NO2/c1-3-8-22(9-4-1)19-28-25-13-7-12-24(18-21-14-16-27-17-15-21)26(25)29-20-23-10-5-2-6-11-23/h1-13,21,27H,14-20H2. The minimum absolute atomic E-state index is 0.541. The lowest BCUT2D eigenvalue weighted by Gasteiger charge is -2.24. The Balaban J connectivity index is 1.53. The Morgan fingerprint density at radius 2 is 1.31 bits per heavy atom. The molecule has 3 nitrogen and oxygen atoms in total. The minimum atomic E-state index is 0.541. The highest BCUT2D eigenvalue weighted by atomic mass is 16.5. The molecule has 3 aromatic rings. The lowest BCUT2D eigenvalue weighted by molar-refractivity contribution is 0.251. The van der Waals surface area contributed by atoms with Gasteiger partial charge >= 0.3 is 0 Å². The summed E-state index contributed by atoms with van der Waals surface area (Å²) in [5.74, 6) is 2.42. The molecular formula is C26H29NO2. The highest BCUT2D eigenvalue weighted by Gasteiger charge is 2.18. The molecule has 1 aliphatic rings. The summed E-state index contributed by atoms with van der Waals surface area (Å²) in [5.41, 5.74) is 3.57. The van der Waals surface area contributed by atoms with E-state index in [0.29, 0.717) is 19.1 Å². The van der Waals surface area contributed by atoms with Crippen LogP contribution in [0.4, 0.5) is 0 Å². The normalized spacial score (nSPS) is 14.5. The summed E-state index contributed by atoms with van der Waals surface area (Å²) in [6.45, 7) is 3.30. The molecule has 0 amide bonds. The molecule has 0 aliphatic carbocycles. The summed E-state index contributed by atoms with van der Waals surface area (Å²) >= 11 is 0. The van der Waals surface area contributed by atoms with E-state index in [4.69, 9.17) is 9.47 Å². The Hall–Kier alpha value is -2.78. The summed E-state index contributed by atoms with van der Waals surface area (Å²) in [6, 6.07) is 26.9. The molecule has 4 rings (SSSR count). The molecule has 1 saturated heterocycles. The van der Waals surface area contributed by atoms with Gasteiger partial charge in [0.25, 0.3) is 0 Å². The van der Waals surface area contributed by atoms with Crippen molar-refractivity contribution < 1.29 is 9.47 Å². The van der Waals surface area contributed by atoms with Crippen LogP contribution in [0.25, 0.3) is 0 Å². The Bertz CT molecular complexity index is 874. The van der Waals surface area contributed by atoms with Gasteiger partial charge in [-0.2, -0.15) is 0 Å². The lowest BCUT2D eigenvalue weighted by Crippen LogP contribution is -2.28. The van der Waals surface area contributed by atoms with Crippen molar-refractivity contribution in [2.45, 2.75) is 32.5 Å². The summed E-state index contributed by atoms with van der Waals surface area (Å²) < 4.78 is 12.5. The molecule has 0 bridgehead atoms. The van der Waals surface area contributed by atoms with Crippen molar-refractivity contribution >= 4 is 0 Å². The highest BCUT2D eigenvalue weighted by Crippen LogP contribution is 2.35. The van der Waals surface area contributed by atoms with Gasteiger partial charge in [0, 0.05) is 0 Å². The van der Waals surface area contributed by atoms with E-state index in [-0.39, 0.29) is 0 Å². The van der Waals surface area contributed by atoms with Gasteiger partial charge in [-0.1, -0.05) is 72.8 Å². The fraction of sp³-hybridized carbons (Fsp3) is 0.308. The van der Waals surface area contributed by atoms with Crippen LogP contribution in [0.5, 0.6) is 11.5 Å². The number of benzene rings is 3. The van der Waals surface area contributed by atoms with E-state index < -0.39 is 0 Å². The van der Waals surface area contributed by atoms with E-state index in [1.807, 2.05) is 42.5 Å². The first-order valence-corrected chi connectivity index (χ1v) is 10.5. The number of ether oxygens (including phenoxy) is 2. The monoisotopic (exact) mass is 387 g/mol. The van der Waals surface area contributed by atoms with E-state index in [1.165, 1.54) is 18.4 Å². The topological polar surface area (TPSA) is 30.5 Å². The Morgan fingerprint density at radius 3 is 1.97 bits per heavy atom. The molecule has 1 aliphatic heterocycles. The second kappa shape index (κ2) is 10.1. The van der Waals surface area contributed by atoms with Crippen molar-refractivity contribution in [1.29, 1.82) is 0 Å². The molecule has 29 heavy (non-hydrogen) atoms. The number of hydrogen-bond donors (Lipinski definition) is 1. The van der Waals surface area contributed by atoms with Crippen LogP contribution in [0.3, 0.4) is 0 Å². The van der Waals surface area contributed by atoms with Gasteiger partial charge in [-0.3, -0.25) is 0 Å². The number of rotatable bonds is 8. The van der Waals surface area contributed by atoms with Crippen molar-refractivity contribution in [1.82, 2.24) is 5.32 Å². The van der Waals surface area contributed by atoms with Crippen LogP contribution < -0.4 is 14.8 Å². The maximum atomic E-state index is 6.34. The zero-order valence-corrected chi connectivity index (χ0v) is 16.8. The minimum Gasteiger partial charge on any atom is -0.485 e. The molecule has 0 saturated carbocycles. The second-order valence-electron chi connectivity index (χ2n) is 7.69. The van der Waals surface area contributed by atoms with Crippen LogP contribution in [0.15, 0.2) is 78.9 Å². The zero-order chi connectivity index (χ0) is 19.7. The lowest BCUT2D eigenvalue weighted by atomic mass is 9.90. The van der Waals surface area contributed by atoms with Gasteiger partial charge in [0.1, 0.15) is 13.2 Å². The Morgan fingerprint density at radius 1 is 0.690 bits per heavy atom. The third-order valence-corrected chi connectivity index (χ3v) is 5.49. The van der Waals surface area contributed by atoms with E-state index in [9.17, 15) is 0 Å². The molecule has 150 valence electrons. The zero-order valence-electron chi connectivity index (χ0n) is 16.8. The molecule has 3 heteroatoms. The van der Waals surface area contributed by atoms with Crippen LogP contribution in [-0.2, 0) is 19.6 Å². The fourth-order valence-electron chi connectivity index (χ4n) is 3.86. The van der Waals surface area contributed by atoms with Gasteiger partial charge in [-0.05, 0) is 61.0 Å². The molecule has 0 radical (unpaired) electrons. The summed E-state index contributed by atoms with van der Waals surface area (Å²) in [6.07, 6.45) is 3.47. The quantitative estimate of drug-likeness (QED) is 0.562. The van der Waals surface area contributed by atoms with Crippen LogP contribution in [0.2, 0.25) is 0 Å². The Kier molecular flexibility index (Phi) is 6.82. The van der Waals surface area contributed by atoms with Crippen LogP contribution >= 0.6 is 0 Å². The summed E-state index contributed by atoms with van der Waals surface area (Å²) in [7, 11) is 0. The van der Waals surface area contributed by atoms with Gasteiger partial charge in [0.15, 0.2) is 11.5 Å². The third kappa shape index (κ3) is 5.61. The average molecular weight is 388 g/mol. The van der Waals surface area contributed by atoms with Crippen LogP contribution in [0.1, 0.15) is 29.5 Å². The predicted octanol–water partition coefficient (Wildman–Crippen LogP) is 5.39. The molecule has 1 heterocycles. The maximum Gasteiger partial charge on any atom is 0.164 e. The average Bonchev–Trinajstić information content (AvgIpc) is 2.79. The third-order valence-electron chi connectivity index (χ3n) is 5.49. The number of para-hydroxylation sites is 1. The van der Waals surface area contributed by atoms with Gasteiger partial charge in [0.05, 0.1) is 0 Å². The summed E-state index contributed by atoms with van der Waals surface area (Å²) in [4.78, 5) is 0. The SMILES string of the molecule is c1ccc(COc2cccc(CC3CCNCC3)c2OCc2ccccc2)cc1. The molecule has 0 atom stereocenters. The summed E-state index contributed by atoms with van der Waals surface area (Å²) in [5, 5.41) is 3.46. The predicted molar refractivity (Wildman–Crippen MR) is 117 cm³/mol. The van der Waals surface area contributed by atoms with E-state index >= 15 is 0 Å². The first-order valence-electron chi connectivity index (χ1n) is 10.5. The number of hydrogen-bond acceptors (Lipinski definition) is 3. The van der Waals surface area contributed by atoms with E-state index in [2.05, 4.69) is 41.7 Å². The van der Waals surface area contributed by atoms with Gasteiger partial charge in [0.2, 0.25) is 0 Å². The second-order valence-corrected chi connectivity index (χ2v) is 7.69. The molecule has 3 aromatic carbocycles. The maximum absolute atomic E-state index is 6.34. The van der Waals surface area contributed by atoms with Crippen LogP contribution in [0, 0.1) is 5.92 Å².